The minimum Gasteiger partial charge on any atom is -0.349 e. The Morgan fingerprint density at radius 2 is 2.18 bits per heavy atom. The zero-order chi connectivity index (χ0) is 8.43. The van der Waals surface area contributed by atoms with Crippen molar-refractivity contribution in [3.63, 3.8) is 0 Å². The van der Waals surface area contributed by atoms with Gasteiger partial charge in [-0.25, -0.2) is 0 Å². The Morgan fingerprint density at radius 3 is 2.45 bits per heavy atom. The molecular weight excluding hydrogens is 136 g/mol. The number of aryl methyl sites for hydroxylation is 1. The Kier molecular flexibility index (Phi) is 2.35. The van der Waals surface area contributed by atoms with E-state index in [4.69, 9.17) is 5.73 Å². The molecule has 0 aliphatic rings. The number of aromatic nitrogens is 1. The van der Waals surface area contributed by atoms with E-state index in [1.165, 1.54) is 11.3 Å². The van der Waals surface area contributed by atoms with Crippen molar-refractivity contribution in [2.75, 3.05) is 0 Å². The van der Waals surface area contributed by atoms with Gasteiger partial charge in [0.15, 0.2) is 0 Å². The molecule has 0 atom stereocenters. The normalized spacial score (nSPS) is 11.0. The summed E-state index contributed by atoms with van der Waals surface area (Å²) in [6.45, 7) is 7.10. The molecule has 1 rings (SSSR count). The zero-order valence-electron chi connectivity index (χ0n) is 7.46. The van der Waals surface area contributed by atoms with Crippen molar-refractivity contribution in [1.29, 1.82) is 0 Å². The molecule has 62 valence electrons. The lowest BCUT2D eigenvalue weighted by molar-refractivity contribution is 0.588. The standard InChI is InChI=1S/C9H16N2/c1-7(2)11-6-9(5-10)4-8(11)3/h4,6-7H,5,10H2,1-3H3. The maximum absolute atomic E-state index is 5.52. The summed E-state index contributed by atoms with van der Waals surface area (Å²) >= 11 is 0. The molecule has 0 bridgehead atoms. The van der Waals surface area contributed by atoms with E-state index >= 15 is 0 Å². The van der Waals surface area contributed by atoms with Crippen molar-refractivity contribution in [3.05, 3.63) is 23.5 Å². The first-order valence-corrected chi connectivity index (χ1v) is 4.02. The van der Waals surface area contributed by atoms with Crippen LogP contribution in [0.4, 0.5) is 0 Å². The van der Waals surface area contributed by atoms with E-state index in [2.05, 4.69) is 37.6 Å². The lowest BCUT2D eigenvalue weighted by Gasteiger charge is -2.08. The molecule has 1 aromatic heterocycles. The third-order valence-corrected chi connectivity index (χ3v) is 1.90. The summed E-state index contributed by atoms with van der Waals surface area (Å²) in [5.41, 5.74) is 8.03. The van der Waals surface area contributed by atoms with Gasteiger partial charge in [-0.15, -0.1) is 0 Å². The van der Waals surface area contributed by atoms with Crippen LogP contribution < -0.4 is 5.73 Å². The molecule has 0 fully saturated rings. The van der Waals surface area contributed by atoms with Crippen molar-refractivity contribution in [2.45, 2.75) is 33.4 Å². The van der Waals surface area contributed by atoms with Crippen molar-refractivity contribution in [1.82, 2.24) is 4.57 Å². The van der Waals surface area contributed by atoms with Crippen molar-refractivity contribution in [2.24, 2.45) is 5.73 Å². The Bertz CT molecular complexity index is 236. The van der Waals surface area contributed by atoms with Gasteiger partial charge in [-0.05, 0) is 32.4 Å². The van der Waals surface area contributed by atoms with Crippen LogP contribution >= 0.6 is 0 Å². The molecule has 0 aromatic carbocycles. The first-order valence-electron chi connectivity index (χ1n) is 4.02. The third kappa shape index (κ3) is 1.63. The van der Waals surface area contributed by atoms with Crippen LogP contribution in [0.25, 0.3) is 0 Å². The van der Waals surface area contributed by atoms with E-state index in [0.29, 0.717) is 12.6 Å². The molecule has 2 heteroatoms. The summed E-state index contributed by atoms with van der Waals surface area (Å²) in [4.78, 5) is 0. The second kappa shape index (κ2) is 3.09. The molecule has 0 aliphatic carbocycles. The molecule has 0 radical (unpaired) electrons. The SMILES string of the molecule is Cc1cc(CN)cn1C(C)C. The zero-order valence-corrected chi connectivity index (χ0v) is 7.46. The van der Waals surface area contributed by atoms with Gasteiger partial charge in [0.25, 0.3) is 0 Å². The molecule has 0 saturated heterocycles. The van der Waals surface area contributed by atoms with Crippen LogP contribution in [0.2, 0.25) is 0 Å². The average Bonchev–Trinajstić information content (AvgIpc) is 2.30. The van der Waals surface area contributed by atoms with Gasteiger partial charge in [-0.1, -0.05) is 0 Å². The first kappa shape index (κ1) is 8.34. The summed E-state index contributed by atoms with van der Waals surface area (Å²) in [6.07, 6.45) is 2.12. The molecule has 0 unspecified atom stereocenters. The van der Waals surface area contributed by atoms with E-state index in [-0.39, 0.29) is 0 Å². The lowest BCUT2D eigenvalue weighted by atomic mass is 10.3. The smallest absolute Gasteiger partial charge is 0.0276 e. The molecule has 2 nitrogen and oxygen atoms in total. The average molecular weight is 152 g/mol. The quantitative estimate of drug-likeness (QED) is 0.688. The topological polar surface area (TPSA) is 30.9 Å². The Morgan fingerprint density at radius 1 is 1.55 bits per heavy atom. The van der Waals surface area contributed by atoms with Crippen LogP contribution in [0.1, 0.15) is 31.1 Å². The molecule has 0 aliphatic heterocycles. The van der Waals surface area contributed by atoms with E-state index < -0.39 is 0 Å². The molecule has 0 saturated carbocycles. The molecule has 1 aromatic rings. The van der Waals surface area contributed by atoms with Gasteiger partial charge in [0.1, 0.15) is 0 Å². The summed E-state index contributed by atoms with van der Waals surface area (Å²) in [5, 5.41) is 0. The maximum atomic E-state index is 5.52. The van der Waals surface area contributed by atoms with E-state index in [9.17, 15) is 0 Å². The summed E-state index contributed by atoms with van der Waals surface area (Å²) in [6, 6.07) is 2.68. The van der Waals surface area contributed by atoms with Crippen molar-refractivity contribution in [3.8, 4) is 0 Å². The number of nitrogens with zero attached hydrogens (tertiary/aromatic N) is 1. The highest BCUT2D eigenvalue weighted by atomic mass is 15.0. The predicted octanol–water partition coefficient (Wildman–Crippen LogP) is 1.84. The van der Waals surface area contributed by atoms with Crippen LogP contribution in [0.5, 0.6) is 0 Å². The van der Waals surface area contributed by atoms with Crippen LogP contribution in [-0.4, -0.2) is 4.57 Å². The Labute approximate surface area is 68.0 Å². The van der Waals surface area contributed by atoms with Crippen molar-refractivity contribution >= 4 is 0 Å². The summed E-state index contributed by atoms with van der Waals surface area (Å²) in [5.74, 6) is 0. The van der Waals surface area contributed by atoms with Gasteiger partial charge in [-0.2, -0.15) is 0 Å². The fourth-order valence-electron chi connectivity index (χ4n) is 1.33. The van der Waals surface area contributed by atoms with Crippen LogP contribution in [-0.2, 0) is 6.54 Å². The second-order valence-corrected chi connectivity index (χ2v) is 3.19. The number of hydrogen-bond acceptors (Lipinski definition) is 1. The molecular formula is C9H16N2. The molecule has 0 amide bonds. The maximum Gasteiger partial charge on any atom is 0.0276 e. The van der Waals surface area contributed by atoms with E-state index in [0.717, 1.165) is 0 Å². The van der Waals surface area contributed by atoms with Gasteiger partial charge in [0.05, 0.1) is 0 Å². The fraction of sp³-hybridized carbons (Fsp3) is 0.556. The fourth-order valence-corrected chi connectivity index (χ4v) is 1.33. The van der Waals surface area contributed by atoms with Gasteiger partial charge in [-0.3, -0.25) is 0 Å². The van der Waals surface area contributed by atoms with Gasteiger partial charge in [0, 0.05) is 24.5 Å². The van der Waals surface area contributed by atoms with Gasteiger partial charge < -0.3 is 10.3 Å². The molecule has 2 N–H and O–H groups in total. The monoisotopic (exact) mass is 152 g/mol. The van der Waals surface area contributed by atoms with E-state index in [1.54, 1.807) is 0 Å². The number of hydrogen-bond donors (Lipinski definition) is 1. The second-order valence-electron chi connectivity index (χ2n) is 3.19. The molecule has 0 spiro atoms. The predicted molar refractivity (Wildman–Crippen MR) is 47.4 cm³/mol. The van der Waals surface area contributed by atoms with Crippen molar-refractivity contribution < 1.29 is 0 Å². The van der Waals surface area contributed by atoms with E-state index in [1.807, 2.05) is 0 Å². The highest BCUT2D eigenvalue weighted by Gasteiger charge is 2.02. The minimum absolute atomic E-state index is 0.537. The van der Waals surface area contributed by atoms with Crippen LogP contribution in [0.3, 0.4) is 0 Å². The Hall–Kier alpha value is -0.760. The number of nitrogens with two attached hydrogens (primary N) is 1. The first-order chi connectivity index (χ1) is 5.15. The summed E-state index contributed by atoms with van der Waals surface area (Å²) in [7, 11) is 0. The van der Waals surface area contributed by atoms with Crippen LogP contribution in [0.15, 0.2) is 12.3 Å². The van der Waals surface area contributed by atoms with Gasteiger partial charge in [0.2, 0.25) is 0 Å². The number of rotatable bonds is 2. The largest absolute Gasteiger partial charge is 0.349 e. The third-order valence-electron chi connectivity index (χ3n) is 1.90. The minimum atomic E-state index is 0.537. The highest BCUT2D eigenvalue weighted by molar-refractivity contribution is 5.17. The van der Waals surface area contributed by atoms with Gasteiger partial charge >= 0.3 is 0 Å². The Balaban J connectivity index is 2.97. The lowest BCUT2D eigenvalue weighted by Crippen LogP contribution is -2.00. The molecule has 11 heavy (non-hydrogen) atoms. The summed E-state index contributed by atoms with van der Waals surface area (Å²) < 4.78 is 2.24. The molecule has 1 heterocycles. The highest BCUT2D eigenvalue weighted by Crippen LogP contribution is 2.13. The van der Waals surface area contributed by atoms with Crippen LogP contribution in [0, 0.1) is 6.92 Å².